The van der Waals surface area contributed by atoms with Crippen LogP contribution >= 0.6 is 35.3 Å². The van der Waals surface area contributed by atoms with Crippen molar-refractivity contribution >= 4 is 47.2 Å². The minimum atomic E-state index is 0. The maximum atomic E-state index is 12.5. The second-order valence-corrected chi connectivity index (χ2v) is 8.06. The van der Waals surface area contributed by atoms with E-state index in [0.717, 1.165) is 45.0 Å². The number of halogens is 1. The van der Waals surface area contributed by atoms with Gasteiger partial charge in [0, 0.05) is 39.6 Å². The van der Waals surface area contributed by atoms with Crippen molar-refractivity contribution in [3.63, 3.8) is 0 Å². The third-order valence-electron chi connectivity index (χ3n) is 5.25. The number of nitrogens with zero attached hydrogens (tertiary/aromatic N) is 2. The molecule has 1 aliphatic heterocycles. The predicted octanol–water partition coefficient (Wildman–Crippen LogP) is 4.00. The van der Waals surface area contributed by atoms with Crippen LogP contribution in [0.2, 0.25) is 0 Å². The Morgan fingerprint density at radius 2 is 2.03 bits per heavy atom. The van der Waals surface area contributed by atoms with Crippen molar-refractivity contribution in [1.29, 1.82) is 0 Å². The number of hydrogen-bond donors (Lipinski definition) is 2. The highest BCUT2D eigenvalue weighted by molar-refractivity contribution is 14.0. The van der Waals surface area contributed by atoms with Crippen molar-refractivity contribution in [2.45, 2.75) is 38.6 Å². The molecule has 3 rings (SSSR count). The van der Waals surface area contributed by atoms with E-state index in [2.05, 4.69) is 63.6 Å². The SMILES string of the molecule is CN=C(NCCCC(=O)N1CCc2ccccc2C1)NCC(C)c1ccsc1.I. The van der Waals surface area contributed by atoms with E-state index in [1.165, 1.54) is 16.7 Å². The number of rotatable bonds is 7. The van der Waals surface area contributed by atoms with E-state index in [1.807, 2.05) is 4.90 Å². The largest absolute Gasteiger partial charge is 0.356 e. The van der Waals surface area contributed by atoms with Crippen molar-refractivity contribution in [1.82, 2.24) is 15.5 Å². The maximum absolute atomic E-state index is 12.5. The zero-order valence-electron chi connectivity index (χ0n) is 17.2. The first-order chi connectivity index (χ1) is 13.7. The first kappa shape index (κ1) is 23.7. The molecular formula is C22H31IN4OS. The molecule has 0 spiro atoms. The quantitative estimate of drug-likeness (QED) is 0.248. The fourth-order valence-electron chi connectivity index (χ4n) is 3.46. The van der Waals surface area contributed by atoms with Gasteiger partial charge >= 0.3 is 0 Å². The molecule has 2 heterocycles. The molecule has 1 amide bonds. The minimum absolute atomic E-state index is 0. The molecule has 2 aromatic rings. The number of amides is 1. The highest BCUT2D eigenvalue weighted by Crippen LogP contribution is 2.19. The summed E-state index contributed by atoms with van der Waals surface area (Å²) in [4.78, 5) is 18.8. The van der Waals surface area contributed by atoms with E-state index in [4.69, 9.17) is 0 Å². The first-order valence-electron chi connectivity index (χ1n) is 9.98. The number of guanidine groups is 1. The lowest BCUT2D eigenvalue weighted by molar-refractivity contribution is -0.132. The number of aliphatic imine (C=N–C) groups is 1. The Balaban J connectivity index is 0.00000300. The number of benzene rings is 1. The minimum Gasteiger partial charge on any atom is -0.356 e. The van der Waals surface area contributed by atoms with E-state index in [9.17, 15) is 4.79 Å². The zero-order valence-corrected chi connectivity index (χ0v) is 20.3. The van der Waals surface area contributed by atoms with Crippen LogP contribution in [0, 0.1) is 0 Å². The number of fused-ring (bicyclic) bond motifs is 1. The summed E-state index contributed by atoms with van der Waals surface area (Å²) in [7, 11) is 1.78. The van der Waals surface area contributed by atoms with Gasteiger partial charge in [0.05, 0.1) is 0 Å². The maximum Gasteiger partial charge on any atom is 0.222 e. The summed E-state index contributed by atoms with van der Waals surface area (Å²) >= 11 is 1.73. The van der Waals surface area contributed by atoms with Crippen LogP contribution in [0.1, 0.15) is 42.4 Å². The second kappa shape index (κ2) is 12.2. The molecule has 0 bridgehead atoms. The van der Waals surface area contributed by atoms with Gasteiger partial charge in [-0.3, -0.25) is 9.79 Å². The molecule has 158 valence electrons. The van der Waals surface area contributed by atoms with Gasteiger partial charge in [0.1, 0.15) is 0 Å². The molecule has 0 saturated heterocycles. The Labute approximate surface area is 195 Å². The lowest BCUT2D eigenvalue weighted by atomic mass is 9.99. The molecule has 7 heteroatoms. The Morgan fingerprint density at radius 3 is 2.76 bits per heavy atom. The third-order valence-corrected chi connectivity index (χ3v) is 5.96. The van der Waals surface area contributed by atoms with Crippen LogP contribution in [-0.4, -0.2) is 43.4 Å². The molecule has 0 aliphatic carbocycles. The molecule has 0 radical (unpaired) electrons. The molecule has 1 unspecified atom stereocenters. The van der Waals surface area contributed by atoms with Gasteiger partial charge in [-0.25, -0.2) is 0 Å². The zero-order chi connectivity index (χ0) is 19.8. The molecule has 1 atom stereocenters. The topological polar surface area (TPSA) is 56.7 Å². The molecule has 2 N–H and O–H groups in total. The standard InChI is InChI=1S/C22H30N4OS.HI/c1-17(20-10-13-28-16-20)14-25-22(23-2)24-11-5-8-21(27)26-12-9-18-6-3-4-7-19(18)15-26;/h3-4,6-7,10,13,16-17H,5,8-9,11-12,14-15H2,1-2H3,(H2,23,24,25);1H. The third kappa shape index (κ3) is 6.99. The summed E-state index contributed by atoms with van der Waals surface area (Å²) in [5.74, 6) is 1.47. The molecule has 1 aromatic heterocycles. The number of carbonyl (C=O) groups is 1. The average molecular weight is 526 g/mol. The van der Waals surface area contributed by atoms with E-state index < -0.39 is 0 Å². The highest BCUT2D eigenvalue weighted by atomic mass is 127. The summed E-state index contributed by atoms with van der Waals surface area (Å²) in [6, 6.07) is 10.6. The van der Waals surface area contributed by atoms with Crippen molar-refractivity contribution in [2.24, 2.45) is 4.99 Å². The fraction of sp³-hybridized carbons (Fsp3) is 0.455. The average Bonchev–Trinajstić information content (AvgIpc) is 3.27. The Hall–Kier alpha value is -1.61. The molecule has 5 nitrogen and oxygen atoms in total. The van der Waals surface area contributed by atoms with Gasteiger partial charge in [0.15, 0.2) is 5.96 Å². The number of hydrogen-bond acceptors (Lipinski definition) is 3. The number of carbonyl (C=O) groups excluding carboxylic acids is 1. The Kier molecular flexibility index (Phi) is 9.93. The van der Waals surface area contributed by atoms with Crippen LogP contribution in [0.4, 0.5) is 0 Å². The molecule has 1 aromatic carbocycles. The Bertz CT molecular complexity index is 794. The van der Waals surface area contributed by atoms with E-state index in [1.54, 1.807) is 18.4 Å². The monoisotopic (exact) mass is 526 g/mol. The van der Waals surface area contributed by atoms with E-state index >= 15 is 0 Å². The smallest absolute Gasteiger partial charge is 0.222 e. The van der Waals surface area contributed by atoms with Gasteiger partial charge in [-0.05, 0) is 52.3 Å². The van der Waals surface area contributed by atoms with Crippen molar-refractivity contribution in [3.8, 4) is 0 Å². The van der Waals surface area contributed by atoms with Crippen LogP contribution < -0.4 is 10.6 Å². The fourth-order valence-corrected chi connectivity index (χ4v) is 4.24. The van der Waals surface area contributed by atoms with Crippen molar-refractivity contribution in [3.05, 3.63) is 57.8 Å². The molecule has 0 saturated carbocycles. The highest BCUT2D eigenvalue weighted by Gasteiger charge is 2.19. The van der Waals surface area contributed by atoms with E-state index in [-0.39, 0.29) is 29.9 Å². The van der Waals surface area contributed by atoms with Gasteiger partial charge in [-0.15, -0.1) is 24.0 Å². The van der Waals surface area contributed by atoms with Crippen molar-refractivity contribution < 1.29 is 4.79 Å². The van der Waals surface area contributed by atoms with Gasteiger partial charge in [-0.1, -0.05) is 31.2 Å². The number of thiophene rings is 1. The van der Waals surface area contributed by atoms with Crippen LogP contribution in [0.5, 0.6) is 0 Å². The van der Waals surface area contributed by atoms with Crippen LogP contribution in [0.25, 0.3) is 0 Å². The van der Waals surface area contributed by atoms with Crippen LogP contribution in [-0.2, 0) is 17.8 Å². The molecule has 0 fully saturated rings. The van der Waals surface area contributed by atoms with Gasteiger partial charge in [0.2, 0.25) is 5.91 Å². The molecule has 1 aliphatic rings. The lowest BCUT2D eigenvalue weighted by Gasteiger charge is -2.29. The summed E-state index contributed by atoms with van der Waals surface area (Å²) in [5, 5.41) is 11.0. The van der Waals surface area contributed by atoms with Gasteiger partial charge in [0.25, 0.3) is 0 Å². The van der Waals surface area contributed by atoms with E-state index in [0.29, 0.717) is 12.3 Å². The summed E-state index contributed by atoms with van der Waals surface area (Å²) in [5.41, 5.74) is 4.01. The normalized spacial score (nSPS) is 14.6. The second-order valence-electron chi connectivity index (χ2n) is 7.28. The summed E-state index contributed by atoms with van der Waals surface area (Å²) in [6.45, 7) is 5.35. The van der Waals surface area contributed by atoms with Crippen LogP contribution in [0.3, 0.4) is 0 Å². The van der Waals surface area contributed by atoms with Crippen molar-refractivity contribution in [2.75, 3.05) is 26.7 Å². The summed E-state index contributed by atoms with van der Waals surface area (Å²) in [6.07, 6.45) is 2.33. The van der Waals surface area contributed by atoms with Gasteiger partial charge < -0.3 is 15.5 Å². The first-order valence-corrected chi connectivity index (χ1v) is 10.9. The van der Waals surface area contributed by atoms with Gasteiger partial charge in [-0.2, -0.15) is 11.3 Å². The summed E-state index contributed by atoms with van der Waals surface area (Å²) < 4.78 is 0. The predicted molar refractivity (Wildman–Crippen MR) is 132 cm³/mol. The molecular weight excluding hydrogens is 495 g/mol. The van der Waals surface area contributed by atoms with Crippen LogP contribution in [0.15, 0.2) is 46.1 Å². The Morgan fingerprint density at radius 1 is 1.24 bits per heavy atom. The molecule has 29 heavy (non-hydrogen) atoms. The lowest BCUT2D eigenvalue weighted by Crippen LogP contribution is -2.40. The number of nitrogens with one attached hydrogen (secondary N) is 2.